The highest BCUT2D eigenvalue weighted by molar-refractivity contribution is 5.47. The minimum Gasteiger partial charge on any atom is -0.340 e. The van der Waals surface area contributed by atoms with Crippen molar-refractivity contribution in [3.8, 4) is 0 Å². The van der Waals surface area contributed by atoms with Crippen LogP contribution in [-0.4, -0.2) is 17.9 Å². The largest absolute Gasteiger partial charge is 0.340 e. The predicted molar refractivity (Wildman–Crippen MR) is 78.6 cm³/mol. The summed E-state index contributed by atoms with van der Waals surface area (Å²) in [6, 6.07) is 10.2. The van der Waals surface area contributed by atoms with E-state index in [2.05, 4.69) is 18.7 Å². The number of nitrogens with zero attached hydrogens (tertiary/aromatic N) is 1. The van der Waals surface area contributed by atoms with Crippen LogP contribution in [0, 0.1) is 11.8 Å². The van der Waals surface area contributed by atoms with Crippen molar-refractivity contribution in [3.63, 3.8) is 0 Å². The summed E-state index contributed by atoms with van der Waals surface area (Å²) in [4.78, 5) is 13.1. The van der Waals surface area contributed by atoms with E-state index in [1.54, 1.807) is 0 Å². The normalized spacial score (nSPS) is 17.1. The van der Waals surface area contributed by atoms with E-state index in [1.165, 1.54) is 31.2 Å². The standard InChI is InChI=1S/C17H23NO/c1-2-16(17-10-6-7-11-17)13-18(14-19)12-15-8-4-3-5-9-15/h2-5,8-9,14,16-17H,1,6-7,10-13H2. The van der Waals surface area contributed by atoms with Gasteiger partial charge < -0.3 is 4.90 Å². The van der Waals surface area contributed by atoms with Crippen LogP contribution in [0.2, 0.25) is 0 Å². The minimum absolute atomic E-state index is 0.441. The molecular formula is C17H23NO. The van der Waals surface area contributed by atoms with Gasteiger partial charge in [0.25, 0.3) is 0 Å². The van der Waals surface area contributed by atoms with Crippen molar-refractivity contribution in [2.45, 2.75) is 32.2 Å². The molecule has 1 unspecified atom stereocenters. The van der Waals surface area contributed by atoms with Crippen LogP contribution in [0.1, 0.15) is 31.2 Å². The number of hydrogen-bond acceptors (Lipinski definition) is 1. The Bertz CT molecular complexity index is 395. The molecule has 0 radical (unpaired) electrons. The highest BCUT2D eigenvalue weighted by Crippen LogP contribution is 2.32. The number of amides is 1. The molecule has 1 fully saturated rings. The van der Waals surface area contributed by atoms with E-state index >= 15 is 0 Å². The zero-order valence-electron chi connectivity index (χ0n) is 11.5. The van der Waals surface area contributed by atoms with E-state index in [1.807, 2.05) is 29.2 Å². The molecule has 1 aromatic rings. The molecule has 102 valence electrons. The summed E-state index contributed by atoms with van der Waals surface area (Å²) in [5, 5.41) is 0. The summed E-state index contributed by atoms with van der Waals surface area (Å²) in [5.74, 6) is 1.16. The number of benzene rings is 1. The zero-order chi connectivity index (χ0) is 13.5. The van der Waals surface area contributed by atoms with E-state index < -0.39 is 0 Å². The molecule has 1 amide bonds. The SMILES string of the molecule is C=CC(CN(C=O)Cc1ccccc1)C1CCCC1. The molecule has 0 aliphatic heterocycles. The fourth-order valence-electron chi connectivity index (χ4n) is 3.04. The van der Waals surface area contributed by atoms with Gasteiger partial charge >= 0.3 is 0 Å². The van der Waals surface area contributed by atoms with Crippen LogP contribution in [0.15, 0.2) is 43.0 Å². The van der Waals surface area contributed by atoms with Gasteiger partial charge in [-0.25, -0.2) is 0 Å². The first-order chi connectivity index (χ1) is 9.33. The predicted octanol–water partition coefficient (Wildman–Crippen LogP) is 3.64. The summed E-state index contributed by atoms with van der Waals surface area (Å²) < 4.78 is 0. The number of hydrogen-bond donors (Lipinski definition) is 0. The molecule has 0 N–H and O–H groups in total. The van der Waals surface area contributed by atoms with Crippen molar-refractivity contribution < 1.29 is 4.79 Å². The molecule has 1 aliphatic carbocycles. The molecule has 1 aliphatic rings. The molecule has 0 heterocycles. The van der Waals surface area contributed by atoms with Gasteiger partial charge in [0.15, 0.2) is 0 Å². The van der Waals surface area contributed by atoms with Gasteiger partial charge in [-0.05, 0) is 30.2 Å². The Hall–Kier alpha value is -1.57. The van der Waals surface area contributed by atoms with Gasteiger partial charge in [-0.3, -0.25) is 4.79 Å². The molecule has 1 saturated carbocycles. The zero-order valence-corrected chi connectivity index (χ0v) is 11.5. The lowest BCUT2D eigenvalue weighted by Gasteiger charge is -2.26. The van der Waals surface area contributed by atoms with E-state index in [-0.39, 0.29) is 0 Å². The first kappa shape index (κ1) is 13.9. The average Bonchev–Trinajstić information content (AvgIpc) is 2.98. The fraction of sp³-hybridized carbons (Fsp3) is 0.471. The van der Waals surface area contributed by atoms with Gasteiger partial charge in [-0.15, -0.1) is 6.58 Å². The van der Waals surface area contributed by atoms with Crippen molar-refractivity contribution in [1.29, 1.82) is 0 Å². The van der Waals surface area contributed by atoms with Crippen molar-refractivity contribution in [2.75, 3.05) is 6.54 Å². The highest BCUT2D eigenvalue weighted by atomic mass is 16.1. The van der Waals surface area contributed by atoms with Crippen LogP contribution < -0.4 is 0 Å². The van der Waals surface area contributed by atoms with Gasteiger partial charge in [-0.1, -0.05) is 49.2 Å². The average molecular weight is 257 g/mol. The van der Waals surface area contributed by atoms with E-state index in [4.69, 9.17) is 0 Å². The van der Waals surface area contributed by atoms with Crippen LogP contribution in [0.5, 0.6) is 0 Å². The van der Waals surface area contributed by atoms with Gasteiger partial charge in [0.1, 0.15) is 0 Å². The van der Waals surface area contributed by atoms with Crippen molar-refractivity contribution in [1.82, 2.24) is 4.90 Å². The summed E-state index contributed by atoms with van der Waals surface area (Å²) >= 11 is 0. The summed E-state index contributed by atoms with van der Waals surface area (Å²) in [7, 11) is 0. The van der Waals surface area contributed by atoms with Crippen molar-refractivity contribution in [3.05, 3.63) is 48.6 Å². The topological polar surface area (TPSA) is 20.3 Å². The van der Waals surface area contributed by atoms with Crippen molar-refractivity contribution in [2.24, 2.45) is 11.8 Å². The van der Waals surface area contributed by atoms with Crippen molar-refractivity contribution >= 4 is 6.41 Å². The Kier molecular flexibility index (Phi) is 5.20. The van der Waals surface area contributed by atoms with Crippen LogP contribution >= 0.6 is 0 Å². The Morgan fingerprint density at radius 3 is 2.53 bits per heavy atom. The third-order valence-corrected chi connectivity index (χ3v) is 4.13. The van der Waals surface area contributed by atoms with Gasteiger partial charge in [0, 0.05) is 13.1 Å². The lowest BCUT2D eigenvalue weighted by molar-refractivity contribution is -0.119. The fourth-order valence-corrected chi connectivity index (χ4v) is 3.04. The molecule has 1 atom stereocenters. The summed E-state index contributed by atoms with van der Waals surface area (Å²) in [5.41, 5.74) is 1.18. The van der Waals surface area contributed by atoms with E-state index in [9.17, 15) is 4.79 Å². The first-order valence-corrected chi connectivity index (χ1v) is 7.19. The maximum atomic E-state index is 11.3. The second-order valence-corrected chi connectivity index (χ2v) is 5.46. The summed E-state index contributed by atoms with van der Waals surface area (Å²) in [6.45, 7) is 5.45. The highest BCUT2D eigenvalue weighted by Gasteiger charge is 2.24. The lowest BCUT2D eigenvalue weighted by atomic mass is 9.90. The van der Waals surface area contributed by atoms with E-state index in [0.717, 1.165) is 18.9 Å². The second kappa shape index (κ2) is 7.13. The van der Waals surface area contributed by atoms with Gasteiger partial charge in [-0.2, -0.15) is 0 Å². The Labute approximate surface area is 116 Å². The molecule has 0 bridgehead atoms. The number of carbonyl (C=O) groups excluding carboxylic acids is 1. The van der Waals surface area contributed by atoms with Crippen LogP contribution in [0.4, 0.5) is 0 Å². The van der Waals surface area contributed by atoms with Crippen LogP contribution in [-0.2, 0) is 11.3 Å². The Morgan fingerprint density at radius 1 is 1.26 bits per heavy atom. The van der Waals surface area contributed by atoms with Crippen LogP contribution in [0.25, 0.3) is 0 Å². The molecular weight excluding hydrogens is 234 g/mol. The number of rotatable bonds is 7. The third-order valence-electron chi connectivity index (χ3n) is 4.13. The maximum absolute atomic E-state index is 11.3. The quantitative estimate of drug-likeness (QED) is 0.539. The monoisotopic (exact) mass is 257 g/mol. The second-order valence-electron chi connectivity index (χ2n) is 5.46. The van der Waals surface area contributed by atoms with Gasteiger partial charge in [0.2, 0.25) is 6.41 Å². The Balaban J connectivity index is 1.93. The van der Waals surface area contributed by atoms with Gasteiger partial charge in [0.05, 0.1) is 0 Å². The lowest BCUT2D eigenvalue weighted by Crippen LogP contribution is -2.30. The molecule has 0 aromatic heterocycles. The smallest absolute Gasteiger partial charge is 0.210 e. The minimum atomic E-state index is 0.441. The first-order valence-electron chi connectivity index (χ1n) is 7.19. The molecule has 19 heavy (non-hydrogen) atoms. The molecule has 0 saturated heterocycles. The summed E-state index contributed by atoms with van der Waals surface area (Å²) in [6.07, 6.45) is 8.24. The number of carbonyl (C=O) groups is 1. The molecule has 0 spiro atoms. The molecule has 2 rings (SSSR count). The van der Waals surface area contributed by atoms with E-state index in [0.29, 0.717) is 12.5 Å². The third kappa shape index (κ3) is 3.95. The Morgan fingerprint density at radius 2 is 1.95 bits per heavy atom. The molecule has 1 aromatic carbocycles. The molecule has 2 nitrogen and oxygen atoms in total. The maximum Gasteiger partial charge on any atom is 0.210 e. The van der Waals surface area contributed by atoms with Crippen LogP contribution in [0.3, 0.4) is 0 Å². The molecule has 2 heteroatoms.